The number of aromatic nitrogens is 4. The number of aliphatic carboxylic acids is 1. The van der Waals surface area contributed by atoms with E-state index in [1.165, 1.54) is 0 Å². The monoisotopic (exact) mass is 502 g/mol. The predicted molar refractivity (Wildman–Crippen MR) is 110 cm³/mol. The zero-order valence-corrected chi connectivity index (χ0v) is 18.3. The van der Waals surface area contributed by atoms with Crippen molar-refractivity contribution in [2.75, 3.05) is 5.73 Å². The van der Waals surface area contributed by atoms with Crippen LogP contribution in [0.1, 0.15) is 18.7 Å². The third kappa shape index (κ3) is 3.82. The van der Waals surface area contributed by atoms with E-state index in [4.69, 9.17) is 22.5 Å². The quantitative estimate of drug-likeness (QED) is 0.184. The van der Waals surface area contributed by atoms with Crippen LogP contribution in [0.25, 0.3) is 0 Å². The molecule has 2 atom stereocenters. The normalized spacial score (nSPS) is 21.0. The Morgan fingerprint density at radius 2 is 2.16 bits per heavy atom. The van der Waals surface area contributed by atoms with Crippen molar-refractivity contribution >= 4 is 75.1 Å². The van der Waals surface area contributed by atoms with Crippen molar-refractivity contribution in [1.29, 1.82) is 0 Å². The third-order valence-corrected chi connectivity index (χ3v) is 7.54. The molecule has 4 rings (SSSR count). The van der Waals surface area contributed by atoms with E-state index in [2.05, 4.69) is 29.4 Å². The SMILES string of the molecule is Nc1nc(/C(=N/O)C(=O)N[C@@H]2C(=O)N3C(C(=O)O)=C(Sc4snnc4Cl)CC[C@H]23)ns1. The van der Waals surface area contributed by atoms with Crippen LogP contribution >= 0.6 is 46.4 Å². The number of carbonyl (C=O) groups excluding carboxylic acids is 2. The average molecular weight is 503 g/mol. The summed E-state index contributed by atoms with van der Waals surface area (Å²) in [6, 6.07) is -1.56. The number of carboxylic acids is 1. The summed E-state index contributed by atoms with van der Waals surface area (Å²) in [5.74, 6) is -2.96. The molecule has 1 saturated heterocycles. The highest BCUT2D eigenvalue weighted by Crippen LogP contribution is 2.45. The van der Waals surface area contributed by atoms with Crippen LogP contribution in [0.5, 0.6) is 0 Å². The van der Waals surface area contributed by atoms with Crippen molar-refractivity contribution < 1.29 is 24.7 Å². The minimum Gasteiger partial charge on any atom is -0.477 e. The van der Waals surface area contributed by atoms with Gasteiger partial charge >= 0.3 is 5.97 Å². The Morgan fingerprint density at radius 1 is 1.39 bits per heavy atom. The Morgan fingerprint density at radius 3 is 2.74 bits per heavy atom. The average Bonchev–Trinajstić information content (AvgIpc) is 3.34. The third-order valence-electron chi connectivity index (χ3n) is 4.49. The molecule has 4 heterocycles. The number of oxime groups is 1. The van der Waals surface area contributed by atoms with Gasteiger partial charge < -0.3 is 21.4 Å². The molecule has 0 aromatic carbocycles. The predicted octanol–water partition coefficient (Wildman–Crippen LogP) is 0.381. The van der Waals surface area contributed by atoms with Crippen LogP contribution in [0.2, 0.25) is 5.15 Å². The lowest BCUT2D eigenvalue weighted by Crippen LogP contribution is -2.72. The van der Waals surface area contributed by atoms with E-state index in [-0.39, 0.29) is 21.8 Å². The maximum Gasteiger partial charge on any atom is 0.353 e. The number of β-lactam (4-membered cyclic amide) rings is 1. The number of fused-ring (bicyclic) bond motifs is 1. The van der Waals surface area contributed by atoms with Crippen LogP contribution in [0.4, 0.5) is 5.13 Å². The van der Waals surface area contributed by atoms with Gasteiger partial charge in [0.15, 0.2) is 10.3 Å². The molecule has 0 aliphatic carbocycles. The molecule has 0 bridgehead atoms. The highest BCUT2D eigenvalue weighted by molar-refractivity contribution is 8.04. The molecule has 0 spiro atoms. The molecule has 2 aromatic heterocycles. The maximum absolute atomic E-state index is 12.7. The molecule has 0 radical (unpaired) electrons. The van der Waals surface area contributed by atoms with E-state index in [0.717, 1.165) is 39.7 Å². The number of anilines is 1. The Bertz CT molecular complexity index is 1150. The molecule has 17 heteroatoms. The van der Waals surface area contributed by atoms with Crippen molar-refractivity contribution in [3.63, 3.8) is 0 Å². The largest absolute Gasteiger partial charge is 0.477 e. The van der Waals surface area contributed by atoms with E-state index in [0.29, 0.717) is 22.0 Å². The number of hydrogen-bond donors (Lipinski definition) is 4. The summed E-state index contributed by atoms with van der Waals surface area (Å²) in [4.78, 5) is 42.4. The maximum atomic E-state index is 12.7. The van der Waals surface area contributed by atoms with Gasteiger partial charge in [0.1, 0.15) is 15.9 Å². The molecule has 2 aliphatic rings. The van der Waals surface area contributed by atoms with Crippen molar-refractivity contribution in [2.45, 2.75) is 29.1 Å². The van der Waals surface area contributed by atoms with Gasteiger partial charge in [0.2, 0.25) is 11.5 Å². The second kappa shape index (κ2) is 8.37. The van der Waals surface area contributed by atoms with Gasteiger partial charge in [0.05, 0.1) is 6.04 Å². The van der Waals surface area contributed by atoms with Crippen LogP contribution in [0.15, 0.2) is 20.0 Å². The Hall–Kier alpha value is -2.82. The molecule has 0 unspecified atom stereocenters. The number of nitrogen functional groups attached to an aromatic ring is 1. The van der Waals surface area contributed by atoms with Gasteiger partial charge in [-0.1, -0.05) is 33.0 Å². The van der Waals surface area contributed by atoms with Crippen molar-refractivity contribution in [1.82, 2.24) is 29.2 Å². The summed E-state index contributed by atoms with van der Waals surface area (Å²) in [5, 5.41) is 28.1. The fourth-order valence-electron chi connectivity index (χ4n) is 3.21. The summed E-state index contributed by atoms with van der Waals surface area (Å²) >= 11 is 8.86. The molecule has 13 nitrogen and oxygen atoms in total. The number of carbonyl (C=O) groups is 3. The summed E-state index contributed by atoms with van der Waals surface area (Å²) in [6.07, 6.45) is 0.736. The number of nitrogens with two attached hydrogens (primary N) is 1. The number of allylic oxidation sites excluding steroid dienone is 1. The number of amides is 2. The van der Waals surface area contributed by atoms with E-state index < -0.39 is 35.6 Å². The molecular formula is C14H11ClN8O5S3. The first-order chi connectivity index (χ1) is 14.8. The molecule has 31 heavy (non-hydrogen) atoms. The molecule has 5 N–H and O–H groups in total. The first-order valence-corrected chi connectivity index (χ1v) is 11.1. The Kier molecular flexibility index (Phi) is 5.78. The first-order valence-electron chi connectivity index (χ1n) is 8.39. The lowest BCUT2D eigenvalue weighted by atomic mass is 9.86. The van der Waals surface area contributed by atoms with Gasteiger partial charge in [-0.2, -0.15) is 9.36 Å². The van der Waals surface area contributed by atoms with Crippen LogP contribution < -0.4 is 11.1 Å². The molecule has 2 aliphatic heterocycles. The van der Waals surface area contributed by atoms with Crippen LogP contribution in [-0.2, 0) is 14.4 Å². The number of thioether (sulfide) groups is 1. The molecule has 0 saturated carbocycles. The van der Waals surface area contributed by atoms with E-state index in [1.54, 1.807) is 0 Å². The number of halogens is 1. The first kappa shape index (κ1) is 21.4. The Labute approximate surface area is 190 Å². The Balaban J connectivity index is 1.53. The molecular weight excluding hydrogens is 492 g/mol. The minimum atomic E-state index is -1.28. The number of carboxylic acid groups (broad SMARTS) is 1. The smallest absolute Gasteiger partial charge is 0.353 e. The van der Waals surface area contributed by atoms with Crippen molar-refractivity contribution in [3.8, 4) is 0 Å². The summed E-state index contributed by atoms with van der Waals surface area (Å²) in [6.45, 7) is 0. The van der Waals surface area contributed by atoms with Crippen LogP contribution in [-0.4, -0.2) is 69.7 Å². The van der Waals surface area contributed by atoms with Crippen LogP contribution in [0, 0.1) is 0 Å². The fourth-order valence-corrected chi connectivity index (χ4v) is 5.66. The van der Waals surface area contributed by atoms with E-state index >= 15 is 0 Å². The van der Waals surface area contributed by atoms with E-state index in [1.807, 2.05) is 0 Å². The second-order valence-corrected chi connectivity index (χ2v) is 9.46. The summed E-state index contributed by atoms with van der Waals surface area (Å²) < 4.78 is 8.02. The lowest BCUT2D eigenvalue weighted by molar-refractivity contribution is -0.155. The zero-order valence-electron chi connectivity index (χ0n) is 15.1. The highest BCUT2D eigenvalue weighted by Gasteiger charge is 2.54. The van der Waals surface area contributed by atoms with Crippen molar-refractivity contribution in [2.24, 2.45) is 5.16 Å². The minimum absolute atomic E-state index is 0.0691. The molecule has 2 amide bonds. The molecule has 2 aromatic rings. The van der Waals surface area contributed by atoms with E-state index in [9.17, 15) is 19.5 Å². The number of hydrogen-bond acceptors (Lipinski definition) is 13. The van der Waals surface area contributed by atoms with Gasteiger partial charge in [0.25, 0.3) is 11.8 Å². The fraction of sp³-hybridized carbons (Fsp3) is 0.286. The van der Waals surface area contributed by atoms with Crippen molar-refractivity contribution in [3.05, 3.63) is 21.6 Å². The summed E-state index contributed by atoms with van der Waals surface area (Å²) in [5.41, 5.74) is 4.79. The van der Waals surface area contributed by atoms with Gasteiger partial charge in [0, 0.05) is 16.4 Å². The van der Waals surface area contributed by atoms with Gasteiger partial charge in [-0.3, -0.25) is 14.5 Å². The number of rotatable bonds is 6. The topological polar surface area (TPSA) is 197 Å². The standard InChI is InChI=1S/C14H11ClN8O5S3/c15-8-13(30-22-19-8)29-4-2-1-3-5(11(25)23(3)7(4)12(26)27)17-10(24)6(20-28)9-18-14(16)31-21-9/h3,5,28H,1-2H2,(H,17,24)(H,26,27)(H2,16,18,21)/b20-6-/t3-,5+/m1/s1. The molecule has 1 fully saturated rings. The zero-order chi connectivity index (χ0) is 22.3. The van der Waals surface area contributed by atoms with Gasteiger partial charge in [-0.05, 0) is 24.4 Å². The summed E-state index contributed by atoms with van der Waals surface area (Å²) in [7, 11) is 0. The molecule has 162 valence electrons. The van der Waals surface area contributed by atoms with Gasteiger partial charge in [-0.15, -0.1) is 5.10 Å². The van der Waals surface area contributed by atoms with Crippen LogP contribution in [0.3, 0.4) is 0 Å². The van der Waals surface area contributed by atoms with Gasteiger partial charge in [-0.25, -0.2) is 4.79 Å². The number of nitrogens with zero attached hydrogens (tertiary/aromatic N) is 6. The number of nitrogens with one attached hydrogen (secondary N) is 1. The highest BCUT2D eigenvalue weighted by atomic mass is 35.5. The lowest BCUT2D eigenvalue weighted by Gasteiger charge is -2.50. The second-order valence-electron chi connectivity index (χ2n) is 6.20.